The van der Waals surface area contributed by atoms with Gasteiger partial charge in [0.05, 0.1) is 16.6 Å². The largest absolute Gasteiger partial charge is 0.508 e. The van der Waals surface area contributed by atoms with E-state index in [9.17, 15) is 18.7 Å². The fourth-order valence-electron chi connectivity index (χ4n) is 7.85. The van der Waals surface area contributed by atoms with Gasteiger partial charge in [0.25, 0.3) is 0 Å². The number of nitrogens with one attached hydrogen (secondary N) is 1. The highest BCUT2D eigenvalue weighted by Gasteiger charge is 2.49. The zero-order valence-corrected chi connectivity index (χ0v) is 24.0. The van der Waals surface area contributed by atoms with E-state index in [4.69, 9.17) is 20.6 Å². The molecule has 0 saturated carbocycles. The lowest BCUT2D eigenvalue weighted by molar-refractivity contribution is 0.107. The molecule has 4 aliphatic rings. The van der Waals surface area contributed by atoms with Crippen LogP contribution in [-0.2, 0) is 0 Å². The van der Waals surface area contributed by atoms with Crippen LogP contribution < -0.4 is 20.6 Å². The lowest BCUT2D eigenvalue weighted by Crippen LogP contribution is -2.51. The maximum absolute atomic E-state index is 14.8. The predicted molar refractivity (Wildman–Crippen MR) is 161 cm³/mol. The van der Waals surface area contributed by atoms with Crippen LogP contribution in [0, 0.1) is 18.2 Å². The van der Waals surface area contributed by atoms with Crippen LogP contribution in [0.25, 0.3) is 33.0 Å². The van der Waals surface area contributed by atoms with Crippen molar-refractivity contribution in [3.8, 4) is 35.4 Å². The average Bonchev–Trinajstić information content (AvgIpc) is 3.65. The summed E-state index contributed by atoms with van der Waals surface area (Å²) in [5, 5.41) is 15.1. The molecule has 4 atom stereocenters. The second-order valence-electron chi connectivity index (χ2n) is 12.6. The minimum absolute atomic E-state index is 0.00737. The van der Waals surface area contributed by atoms with E-state index in [1.807, 2.05) is 0 Å². The van der Waals surface area contributed by atoms with Crippen LogP contribution in [0.5, 0.6) is 11.8 Å². The molecule has 8 rings (SSSR count). The van der Waals surface area contributed by atoms with Crippen LogP contribution >= 0.6 is 0 Å². The Morgan fingerprint density at radius 3 is 2.77 bits per heavy atom. The molecule has 226 valence electrons. The molecule has 4 saturated heterocycles. The van der Waals surface area contributed by atoms with Gasteiger partial charge in [-0.3, -0.25) is 4.90 Å². The molecule has 2 aromatic heterocycles. The minimum Gasteiger partial charge on any atom is -0.508 e. The first-order valence-corrected chi connectivity index (χ1v) is 15.1. The fraction of sp³-hybridized carbons (Fsp3) is 0.424. The monoisotopic (exact) mass is 599 g/mol. The van der Waals surface area contributed by atoms with Gasteiger partial charge in [0, 0.05) is 55.2 Å². The molecule has 4 fully saturated rings. The van der Waals surface area contributed by atoms with Crippen LogP contribution in [0.2, 0.25) is 0 Å². The summed E-state index contributed by atoms with van der Waals surface area (Å²) in [6.07, 6.45) is 9.07. The van der Waals surface area contributed by atoms with Crippen molar-refractivity contribution in [1.82, 2.24) is 20.2 Å². The van der Waals surface area contributed by atoms with E-state index >= 15 is 0 Å². The Morgan fingerprint density at radius 1 is 1.16 bits per heavy atom. The summed E-state index contributed by atoms with van der Waals surface area (Å²) in [5.41, 5.74) is -0.533. The van der Waals surface area contributed by atoms with Crippen LogP contribution in [0.4, 0.5) is 14.6 Å². The van der Waals surface area contributed by atoms with Crippen molar-refractivity contribution in [2.75, 3.05) is 37.7 Å². The molecular formula is C33H31F2N5O4. The number of terminal acetylenes is 1. The minimum atomic E-state index is -0.898. The number of piperazine rings is 1. The highest BCUT2D eigenvalue weighted by atomic mass is 19.1. The Kier molecular flexibility index (Phi) is 6.29. The number of hydrogen-bond donors (Lipinski definition) is 2. The van der Waals surface area contributed by atoms with Crippen LogP contribution in [0.1, 0.15) is 37.7 Å². The number of anilines is 1. The Balaban J connectivity index is 1.28. The van der Waals surface area contributed by atoms with Gasteiger partial charge in [-0.05, 0) is 55.8 Å². The first-order chi connectivity index (χ1) is 21.3. The van der Waals surface area contributed by atoms with E-state index < -0.39 is 23.2 Å². The van der Waals surface area contributed by atoms with Gasteiger partial charge < -0.3 is 24.5 Å². The standard InChI is InChI=1S/C33H31F2N5O4/c1-2-23-25(35)7-4-18-10-22(41)11-24(28(18)23)27-12-26-29(31(42)44-27)30(39-15-20-5-6-21(16-39)36-20)38-32(37-26)43-17-33-8-3-9-40(33)14-19(34)13-33/h1,4,7,10-12,19-21,36,41H,3,5-6,8-9,13-17H2/t19-,20-,21+,33+/m1/s1. The van der Waals surface area contributed by atoms with E-state index in [0.29, 0.717) is 42.6 Å². The van der Waals surface area contributed by atoms with Gasteiger partial charge in [0.1, 0.15) is 35.5 Å². The Hall–Kier alpha value is -4.27. The molecular weight excluding hydrogens is 568 g/mol. The highest BCUT2D eigenvalue weighted by molar-refractivity contribution is 6.02. The van der Waals surface area contributed by atoms with E-state index in [-0.39, 0.29) is 58.2 Å². The molecule has 0 aliphatic carbocycles. The van der Waals surface area contributed by atoms with Crippen molar-refractivity contribution in [1.29, 1.82) is 0 Å². The first kappa shape index (κ1) is 27.3. The molecule has 9 nitrogen and oxygen atoms in total. The number of halogens is 2. The summed E-state index contributed by atoms with van der Waals surface area (Å²) in [7, 11) is 0. The molecule has 4 aliphatic heterocycles. The number of nitrogens with zero attached hydrogens (tertiary/aromatic N) is 4. The Bertz CT molecular complexity index is 1910. The lowest BCUT2D eigenvalue weighted by atomic mass is 9.95. The zero-order chi connectivity index (χ0) is 30.2. The van der Waals surface area contributed by atoms with Crippen LogP contribution in [-0.4, -0.2) is 76.6 Å². The number of phenolic OH excluding ortho intramolecular Hbond substituents is 1. The molecule has 4 aromatic rings. The number of alkyl halides is 1. The third-order valence-corrected chi connectivity index (χ3v) is 9.78. The summed E-state index contributed by atoms with van der Waals surface area (Å²) in [6, 6.07) is 7.83. The van der Waals surface area contributed by atoms with Gasteiger partial charge in [0.15, 0.2) is 5.82 Å². The van der Waals surface area contributed by atoms with Crippen LogP contribution in [0.15, 0.2) is 39.5 Å². The lowest BCUT2D eigenvalue weighted by Gasteiger charge is -2.34. The summed E-state index contributed by atoms with van der Waals surface area (Å²) >= 11 is 0. The van der Waals surface area contributed by atoms with E-state index in [1.165, 1.54) is 24.3 Å². The molecule has 44 heavy (non-hydrogen) atoms. The Morgan fingerprint density at radius 2 is 1.98 bits per heavy atom. The molecule has 0 spiro atoms. The number of phenols is 1. The van der Waals surface area contributed by atoms with E-state index in [0.717, 1.165) is 32.2 Å². The van der Waals surface area contributed by atoms with Crippen LogP contribution in [0.3, 0.4) is 0 Å². The van der Waals surface area contributed by atoms with Crippen molar-refractivity contribution < 1.29 is 23.0 Å². The molecule has 6 heterocycles. The van der Waals surface area contributed by atoms with Crippen molar-refractivity contribution in [2.24, 2.45) is 0 Å². The van der Waals surface area contributed by atoms with Crippen molar-refractivity contribution in [2.45, 2.75) is 55.9 Å². The summed E-state index contributed by atoms with van der Waals surface area (Å²) in [4.78, 5) is 27.4. The number of ether oxygens (including phenoxy) is 1. The second-order valence-corrected chi connectivity index (χ2v) is 12.6. The normalized spacial score (nSPS) is 26.4. The summed E-state index contributed by atoms with van der Waals surface area (Å²) in [6.45, 7) is 2.79. The molecule has 0 radical (unpaired) electrons. The van der Waals surface area contributed by atoms with E-state index in [2.05, 4.69) is 26.0 Å². The van der Waals surface area contributed by atoms with Gasteiger partial charge in [-0.1, -0.05) is 12.0 Å². The molecule has 2 N–H and O–H groups in total. The van der Waals surface area contributed by atoms with Gasteiger partial charge in [-0.2, -0.15) is 9.97 Å². The molecule has 2 bridgehead atoms. The Labute approximate surface area is 251 Å². The smallest absolute Gasteiger partial charge is 0.349 e. The number of rotatable bonds is 5. The molecule has 0 unspecified atom stereocenters. The maximum atomic E-state index is 14.8. The topological polar surface area (TPSA) is 104 Å². The van der Waals surface area contributed by atoms with E-state index in [1.54, 1.807) is 6.07 Å². The van der Waals surface area contributed by atoms with Crippen molar-refractivity contribution >= 4 is 27.5 Å². The highest BCUT2D eigenvalue weighted by Crippen LogP contribution is 2.41. The first-order valence-electron chi connectivity index (χ1n) is 15.1. The number of fused-ring (bicyclic) bond motifs is 5. The zero-order valence-electron chi connectivity index (χ0n) is 24.0. The van der Waals surface area contributed by atoms with Gasteiger partial charge >= 0.3 is 11.6 Å². The van der Waals surface area contributed by atoms with Crippen molar-refractivity contribution in [3.05, 3.63) is 52.1 Å². The molecule has 2 aromatic carbocycles. The maximum Gasteiger partial charge on any atom is 0.349 e. The number of aromatic hydroxyl groups is 1. The molecule has 0 amide bonds. The van der Waals surface area contributed by atoms with Gasteiger partial charge in [-0.25, -0.2) is 13.6 Å². The quantitative estimate of drug-likeness (QED) is 0.328. The van der Waals surface area contributed by atoms with Crippen molar-refractivity contribution in [3.63, 3.8) is 0 Å². The summed E-state index contributed by atoms with van der Waals surface area (Å²) in [5.74, 6) is 2.18. The predicted octanol–water partition coefficient (Wildman–Crippen LogP) is 4.13. The van der Waals surface area contributed by atoms with Gasteiger partial charge in [-0.15, -0.1) is 6.42 Å². The number of hydrogen-bond acceptors (Lipinski definition) is 9. The van der Waals surface area contributed by atoms with Gasteiger partial charge in [0.2, 0.25) is 0 Å². The average molecular weight is 600 g/mol. The fourth-order valence-corrected chi connectivity index (χ4v) is 7.85. The third-order valence-electron chi connectivity index (χ3n) is 9.78. The number of aromatic nitrogens is 2. The number of benzene rings is 2. The molecule has 11 heteroatoms. The summed E-state index contributed by atoms with van der Waals surface area (Å²) < 4.78 is 41.3. The third kappa shape index (κ3) is 4.39. The SMILES string of the molecule is C#Cc1c(F)ccc2cc(O)cc(-c3cc4nc(OC[C@@]56CCCN5C[C@H](F)C6)nc(N5C[C@H]6CC[C@@H](C5)N6)c4c(=O)o3)c12. The second kappa shape index (κ2) is 10.1.